The molecule has 1 aromatic carbocycles. The first-order valence-electron chi connectivity index (χ1n) is 9.20. The smallest absolute Gasteiger partial charge is 0.341 e. The van der Waals surface area contributed by atoms with Crippen LogP contribution in [0.1, 0.15) is 58.3 Å². The van der Waals surface area contributed by atoms with Crippen molar-refractivity contribution < 1.29 is 19.1 Å². The Kier molecular flexibility index (Phi) is 5.85. The molecule has 6 heteroatoms. The fourth-order valence-corrected chi connectivity index (χ4v) is 4.66. The normalized spacial score (nSPS) is 16.0. The van der Waals surface area contributed by atoms with Crippen LogP contribution >= 0.6 is 11.3 Å². The zero-order valence-corrected chi connectivity index (χ0v) is 16.9. The number of anilines is 1. The summed E-state index contributed by atoms with van der Waals surface area (Å²) < 4.78 is 10.6. The lowest BCUT2D eigenvalue weighted by atomic mass is 9.88. The van der Waals surface area contributed by atoms with Gasteiger partial charge in [-0.05, 0) is 62.8 Å². The summed E-state index contributed by atoms with van der Waals surface area (Å²) in [5.41, 5.74) is 2.04. The first kappa shape index (κ1) is 19.4. The second-order valence-electron chi connectivity index (χ2n) is 7.20. The van der Waals surface area contributed by atoms with Crippen molar-refractivity contribution >= 4 is 28.2 Å². The molecule has 0 radical (unpaired) electrons. The number of nitrogens with one attached hydrogen (secondary N) is 1. The van der Waals surface area contributed by atoms with E-state index in [4.69, 9.17) is 9.47 Å². The van der Waals surface area contributed by atoms with E-state index in [1.807, 2.05) is 13.8 Å². The van der Waals surface area contributed by atoms with E-state index in [2.05, 4.69) is 12.2 Å². The van der Waals surface area contributed by atoms with Crippen LogP contribution in [0.4, 0.5) is 5.00 Å². The molecule has 1 aliphatic rings. The average Bonchev–Trinajstić information content (AvgIpc) is 2.98. The number of rotatable bonds is 5. The molecule has 27 heavy (non-hydrogen) atoms. The van der Waals surface area contributed by atoms with Gasteiger partial charge in [-0.1, -0.05) is 13.0 Å². The number of benzene rings is 1. The predicted molar refractivity (Wildman–Crippen MR) is 107 cm³/mol. The summed E-state index contributed by atoms with van der Waals surface area (Å²) in [6.07, 6.45) is 2.59. The number of methoxy groups -OCH3 is 1. The molecule has 1 heterocycles. The highest BCUT2D eigenvalue weighted by Gasteiger charge is 2.29. The summed E-state index contributed by atoms with van der Waals surface area (Å²) in [5, 5.41) is 3.50. The molecule has 1 N–H and O–H groups in total. The van der Waals surface area contributed by atoms with E-state index in [9.17, 15) is 9.59 Å². The van der Waals surface area contributed by atoms with Crippen molar-refractivity contribution in [2.45, 2.75) is 46.1 Å². The number of fused-ring (bicyclic) bond motifs is 1. The number of ether oxygens (including phenoxy) is 2. The fourth-order valence-electron chi connectivity index (χ4n) is 3.27. The van der Waals surface area contributed by atoms with Crippen LogP contribution < -0.4 is 10.1 Å². The Morgan fingerprint density at radius 2 is 2.07 bits per heavy atom. The molecule has 0 fully saturated rings. The van der Waals surface area contributed by atoms with Gasteiger partial charge in [0.2, 0.25) is 0 Å². The number of amides is 1. The van der Waals surface area contributed by atoms with E-state index in [0.29, 0.717) is 27.8 Å². The quantitative estimate of drug-likeness (QED) is 0.756. The third-order valence-corrected chi connectivity index (χ3v) is 5.79. The average molecular weight is 388 g/mol. The van der Waals surface area contributed by atoms with Gasteiger partial charge in [-0.25, -0.2) is 4.79 Å². The van der Waals surface area contributed by atoms with Crippen molar-refractivity contribution in [3.05, 3.63) is 45.8 Å². The standard InChI is InChI=1S/C21H25NO4S/c1-12(2)26-21(24)18-16-9-8-13(3)10-17(16)27-20(18)22-19(23)14-6-5-7-15(11-14)25-4/h5-7,11-13H,8-10H2,1-4H3,(H,22,23). The van der Waals surface area contributed by atoms with E-state index >= 15 is 0 Å². The first-order valence-corrected chi connectivity index (χ1v) is 10.0. The Hall–Kier alpha value is -2.34. The molecule has 0 saturated carbocycles. The Balaban J connectivity index is 1.93. The van der Waals surface area contributed by atoms with Gasteiger partial charge in [0.1, 0.15) is 10.8 Å². The maximum atomic E-state index is 12.7. The molecular weight excluding hydrogens is 362 g/mol. The summed E-state index contributed by atoms with van der Waals surface area (Å²) in [6, 6.07) is 6.95. The number of thiophene rings is 1. The van der Waals surface area contributed by atoms with Crippen molar-refractivity contribution in [1.82, 2.24) is 0 Å². The van der Waals surface area contributed by atoms with Crippen molar-refractivity contribution in [3.63, 3.8) is 0 Å². The Morgan fingerprint density at radius 1 is 1.30 bits per heavy atom. The van der Waals surface area contributed by atoms with Crippen LogP contribution in [0.25, 0.3) is 0 Å². The van der Waals surface area contributed by atoms with Crippen LogP contribution in [0.3, 0.4) is 0 Å². The van der Waals surface area contributed by atoms with Crippen LogP contribution in [-0.2, 0) is 17.6 Å². The summed E-state index contributed by atoms with van der Waals surface area (Å²) in [7, 11) is 1.56. The predicted octanol–water partition coefficient (Wildman–Crippen LogP) is 4.70. The lowest BCUT2D eigenvalue weighted by Gasteiger charge is -2.18. The van der Waals surface area contributed by atoms with Gasteiger partial charge in [0.15, 0.2) is 0 Å². The van der Waals surface area contributed by atoms with Gasteiger partial charge >= 0.3 is 5.97 Å². The maximum Gasteiger partial charge on any atom is 0.341 e. The topological polar surface area (TPSA) is 64.6 Å². The van der Waals surface area contributed by atoms with Gasteiger partial charge < -0.3 is 14.8 Å². The Morgan fingerprint density at radius 3 is 2.78 bits per heavy atom. The zero-order valence-electron chi connectivity index (χ0n) is 16.1. The molecular formula is C21H25NO4S. The van der Waals surface area contributed by atoms with Crippen LogP contribution in [0.15, 0.2) is 24.3 Å². The van der Waals surface area contributed by atoms with E-state index in [1.165, 1.54) is 16.2 Å². The lowest BCUT2D eigenvalue weighted by molar-refractivity contribution is 0.0378. The molecule has 5 nitrogen and oxygen atoms in total. The summed E-state index contributed by atoms with van der Waals surface area (Å²) in [5.74, 6) is 0.561. The highest BCUT2D eigenvalue weighted by molar-refractivity contribution is 7.17. The largest absolute Gasteiger partial charge is 0.497 e. The highest BCUT2D eigenvalue weighted by atomic mass is 32.1. The van der Waals surface area contributed by atoms with Crippen molar-refractivity contribution in [2.24, 2.45) is 5.92 Å². The third-order valence-electron chi connectivity index (χ3n) is 4.62. The van der Waals surface area contributed by atoms with Gasteiger partial charge in [-0.2, -0.15) is 0 Å². The van der Waals surface area contributed by atoms with Crippen LogP contribution in [-0.4, -0.2) is 25.1 Å². The number of carbonyl (C=O) groups is 2. The molecule has 1 aliphatic carbocycles. The highest BCUT2D eigenvalue weighted by Crippen LogP contribution is 2.40. The van der Waals surface area contributed by atoms with E-state index < -0.39 is 0 Å². The molecule has 1 unspecified atom stereocenters. The van der Waals surface area contributed by atoms with E-state index in [1.54, 1.807) is 31.4 Å². The number of carbonyl (C=O) groups excluding carboxylic acids is 2. The van der Waals surface area contributed by atoms with E-state index in [0.717, 1.165) is 24.8 Å². The SMILES string of the molecule is COc1cccc(C(=O)Nc2sc3c(c2C(=O)OC(C)C)CCC(C)C3)c1. The molecule has 1 atom stereocenters. The molecule has 1 amide bonds. The van der Waals surface area contributed by atoms with Crippen molar-refractivity contribution in [1.29, 1.82) is 0 Å². The Labute approximate surface area is 163 Å². The first-order chi connectivity index (χ1) is 12.9. The summed E-state index contributed by atoms with van der Waals surface area (Å²) in [4.78, 5) is 26.6. The molecule has 0 aliphatic heterocycles. The molecule has 0 spiro atoms. The second-order valence-corrected chi connectivity index (χ2v) is 8.30. The maximum absolute atomic E-state index is 12.7. The summed E-state index contributed by atoms with van der Waals surface area (Å²) in [6.45, 7) is 5.86. The van der Waals surface area contributed by atoms with Crippen molar-refractivity contribution in [2.75, 3.05) is 12.4 Å². The molecule has 144 valence electrons. The summed E-state index contributed by atoms with van der Waals surface area (Å²) >= 11 is 1.49. The fraction of sp³-hybridized carbons (Fsp3) is 0.429. The Bertz CT molecular complexity index is 856. The zero-order chi connectivity index (χ0) is 19.6. The van der Waals surface area contributed by atoms with Gasteiger partial charge in [-0.15, -0.1) is 11.3 Å². The minimum Gasteiger partial charge on any atom is -0.497 e. The van der Waals surface area contributed by atoms with Gasteiger partial charge in [0, 0.05) is 10.4 Å². The molecule has 2 aromatic rings. The van der Waals surface area contributed by atoms with Crippen molar-refractivity contribution in [3.8, 4) is 5.75 Å². The monoisotopic (exact) mass is 387 g/mol. The molecule has 1 aromatic heterocycles. The minimum absolute atomic E-state index is 0.211. The van der Waals surface area contributed by atoms with E-state index in [-0.39, 0.29) is 18.0 Å². The molecule has 3 rings (SSSR count). The lowest BCUT2D eigenvalue weighted by Crippen LogP contribution is -2.18. The second kappa shape index (κ2) is 8.13. The van der Waals surface area contributed by atoms with Gasteiger partial charge in [-0.3, -0.25) is 4.79 Å². The van der Waals surface area contributed by atoms with Crippen LogP contribution in [0.5, 0.6) is 5.75 Å². The van der Waals surface area contributed by atoms with Crippen LogP contribution in [0, 0.1) is 5.92 Å². The number of esters is 1. The van der Waals surface area contributed by atoms with Gasteiger partial charge in [0.05, 0.1) is 18.8 Å². The molecule has 0 saturated heterocycles. The number of hydrogen-bond acceptors (Lipinski definition) is 5. The minimum atomic E-state index is -0.363. The van der Waals surface area contributed by atoms with Crippen LogP contribution in [0.2, 0.25) is 0 Å². The number of hydrogen-bond donors (Lipinski definition) is 1. The van der Waals surface area contributed by atoms with Gasteiger partial charge in [0.25, 0.3) is 5.91 Å². The third kappa shape index (κ3) is 4.33. The molecule has 0 bridgehead atoms.